The third-order valence-electron chi connectivity index (χ3n) is 3.73. The SMILES string of the molecule is O=C(Cn1c(=O)cnc2ccccc21)NCCc1ccccc1F. The van der Waals surface area contributed by atoms with Crippen molar-refractivity contribution in [2.24, 2.45) is 0 Å². The molecule has 0 bridgehead atoms. The van der Waals surface area contributed by atoms with Gasteiger partial charge in [0, 0.05) is 6.54 Å². The number of halogens is 1. The van der Waals surface area contributed by atoms with Gasteiger partial charge in [-0.05, 0) is 30.2 Å². The Morgan fingerprint density at radius 2 is 1.88 bits per heavy atom. The average Bonchev–Trinajstić information content (AvgIpc) is 2.59. The molecule has 0 spiro atoms. The van der Waals surface area contributed by atoms with Crippen molar-refractivity contribution in [3.05, 3.63) is 76.5 Å². The maximum absolute atomic E-state index is 13.5. The van der Waals surface area contributed by atoms with E-state index >= 15 is 0 Å². The second-order valence-electron chi connectivity index (χ2n) is 5.36. The lowest BCUT2D eigenvalue weighted by Gasteiger charge is -2.10. The van der Waals surface area contributed by atoms with Gasteiger partial charge in [0.25, 0.3) is 5.56 Å². The minimum absolute atomic E-state index is 0.0981. The Morgan fingerprint density at radius 3 is 2.71 bits per heavy atom. The zero-order chi connectivity index (χ0) is 16.9. The van der Waals surface area contributed by atoms with E-state index < -0.39 is 0 Å². The fourth-order valence-corrected chi connectivity index (χ4v) is 2.52. The quantitative estimate of drug-likeness (QED) is 0.779. The summed E-state index contributed by atoms with van der Waals surface area (Å²) >= 11 is 0. The highest BCUT2D eigenvalue weighted by atomic mass is 19.1. The maximum Gasteiger partial charge on any atom is 0.269 e. The van der Waals surface area contributed by atoms with Crippen molar-refractivity contribution in [2.45, 2.75) is 13.0 Å². The van der Waals surface area contributed by atoms with Gasteiger partial charge in [0.15, 0.2) is 0 Å². The van der Waals surface area contributed by atoms with E-state index in [9.17, 15) is 14.0 Å². The number of amides is 1. The molecule has 5 nitrogen and oxygen atoms in total. The van der Waals surface area contributed by atoms with Gasteiger partial charge in [-0.2, -0.15) is 0 Å². The van der Waals surface area contributed by atoms with Crippen molar-refractivity contribution in [1.82, 2.24) is 14.9 Å². The van der Waals surface area contributed by atoms with E-state index in [0.29, 0.717) is 29.6 Å². The molecule has 3 aromatic rings. The van der Waals surface area contributed by atoms with Crippen LogP contribution in [0.5, 0.6) is 0 Å². The second kappa shape index (κ2) is 7.04. The van der Waals surface area contributed by atoms with Crippen molar-refractivity contribution in [1.29, 1.82) is 0 Å². The molecule has 1 N–H and O–H groups in total. The third kappa shape index (κ3) is 3.48. The van der Waals surface area contributed by atoms with Crippen LogP contribution in [-0.4, -0.2) is 22.0 Å². The fourth-order valence-electron chi connectivity index (χ4n) is 2.52. The van der Waals surface area contributed by atoms with Crippen LogP contribution in [0.25, 0.3) is 11.0 Å². The van der Waals surface area contributed by atoms with Crippen LogP contribution in [-0.2, 0) is 17.8 Å². The first-order valence-corrected chi connectivity index (χ1v) is 7.60. The van der Waals surface area contributed by atoms with Crippen LogP contribution >= 0.6 is 0 Å². The smallest absolute Gasteiger partial charge is 0.269 e. The van der Waals surface area contributed by atoms with E-state index in [-0.39, 0.29) is 23.8 Å². The lowest BCUT2D eigenvalue weighted by atomic mass is 10.1. The first kappa shape index (κ1) is 15.9. The number of hydrogen-bond acceptors (Lipinski definition) is 3. The first-order chi connectivity index (χ1) is 11.6. The Kier molecular flexibility index (Phi) is 4.65. The number of carbonyl (C=O) groups excluding carboxylic acids is 1. The Hall–Kier alpha value is -3.02. The predicted octanol–water partition coefficient (Wildman–Crippen LogP) is 1.89. The van der Waals surface area contributed by atoms with Gasteiger partial charge in [0.2, 0.25) is 5.91 Å². The van der Waals surface area contributed by atoms with Gasteiger partial charge in [0.05, 0.1) is 17.2 Å². The highest BCUT2D eigenvalue weighted by Crippen LogP contribution is 2.08. The third-order valence-corrected chi connectivity index (χ3v) is 3.73. The van der Waals surface area contributed by atoms with E-state index in [4.69, 9.17) is 0 Å². The number of nitrogens with zero attached hydrogens (tertiary/aromatic N) is 2. The van der Waals surface area contributed by atoms with Crippen molar-refractivity contribution in [3.63, 3.8) is 0 Å². The van der Waals surface area contributed by atoms with Gasteiger partial charge in [-0.15, -0.1) is 0 Å². The molecule has 0 aliphatic heterocycles. The normalized spacial score (nSPS) is 10.7. The van der Waals surface area contributed by atoms with E-state index in [1.54, 1.807) is 36.4 Å². The molecule has 0 atom stereocenters. The summed E-state index contributed by atoms with van der Waals surface area (Å²) < 4.78 is 14.9. The Bertz CT molecular complexity index is 937. The summed E-state index contributed by atoms with van der Waals surface area (Å²) in [7, 11) is 0. The van der Waals surface area contributed by atoms with E-state index in [0.717, 1.165) is 0 Å². The molecule has 0 aliphatic carbocycles. The molecule has 122 valence electrons. The molecule has 1 amide bonds. The molecule has 0 radical (unpaired) electrons. The first-order valence-electron chi connectivity index (χ1n) is 7.60. The number of benzene rings is 2. The minimum atomic E-state index is -0.335. The van der Waals surface area contributed by atoms with Crippen molar-refractivity contribution >= 4 is 16.9 Å². The van der Waals surface area contributed by atoms with Gasteiger partial charge in [-0.25, -0.2) is 9.37 Å². The molecule has 0 saturated carbocycles. The van der Waals surface area contributed by atoms with Gasteiger partial charge in [-0.3, -0.25) is 14.2 Å². The van der Waals surface area contributed by atoms with Gasteiger partial charge in [0.1, 0.15) is 12.4 Å². The number of carbonyl (C=O) groups is 1. The van der Waals surface area contributed by atoms with Crippen LogP contribution in [0.15, 0.2) is 59.5 Å². The van der Waals surface area contributed by atoms with Crippen LogP contribution < -0.4 is 10.9 Å². The Balaban J connectivity index is 1.66. The van der Waals surface area contributed by atoms with Crippen LogP contribution in [0.1, 0.15) is 5.56 Å². The van der Waals surface area contributed by atoms with E-state index in [2.05, 4.69) is 10.3 Å². The van der Waals surface area contributed by atoms with Crippen LogP contribution in [0, 0.1) is 5.82 Å². The fraction of sp³-hybridized carbons (Fsp3) is 0.167. The van der Waals surface area contributed by atoms with Gasteiger partial charge >= 0.3 is 0 Å². The number of rotatable bonds is 5. The summed E-state index contributed by atoms with van der Waals surface area (Å²) in [4.78, 5) is 28.1. The number of hydrogen-bond donors (Lipinski definition) is 1. The molecule has 0 fully saturated rings. The Labute approximate surface area is 137 Å². The van der Waals surface area contributed by atoms with Gasteiger partial charge in [-0.1, -0.05) is 30.3 Å². The maximum atomic E-state index is 13.5. The zero-order valence-electron chi connectivity index (χ0n) is 12.9. The molecule has 0 saturated heterocycles. The molecule has 0 unspecified atom stereocenters. The largest absolute Gasteiger partial charge is 0.354 e. The average molecular weight is 325 g/mol. The van der Waals surface area contributed by atoms with E-state index in [1.165, 1.54) is 16.8 Å². The molecule has 1 aromatic heterocycles. The van der Waals surface area contributed by atoms with Crippen molar-refractivity contribution in [3.8, 4) is 0 Å². The highest BCUT2D eigenvalue weighted by molar-refractivity contribution is 5.79. The molecular weight excluding hydrogens is 309 g/mol. The molecule has 0 aliphatic rings. The topological polar surface area (TPSA) is 64.0 Å². The van der Waals surface area contributed by atoms with Gasteiger partial charge < -0.3 is 5.32 Å². The van der Waals surface area contributed by atoms with Crippen molar-refractivity contribution < 1.29 is 9.18 Å². The molecular formula is C18H16FN3O2. The molecule has 3 rings (SSSR count). The second-order valence-corrected chi connectivity index (χ2v) is 5.36. The zero-order valence-corrected chi connectivity index (χ0v) is 12.9. The number of fused-ring (bicyclic) bond motifs is 1. The highest BCUT2D eigenvalue weighted by Gasteiger charge is 2.09. The number of para-hydroxylation sites is 2. The van der Waals surface area contributed by atoms with Crippen LogP contribution in [0.2, 0.25) is 0 Å². The van der Waals surface area contributed by atoms with E-state index in [1.807, 2.05) is 6.07 Å². The molecule has 6 heteroatoms. The summed E-state index contributed by atoms with van der Waals surface area (Å²) in [5.41, 5.74) is 1.47. The lowest BCUT2D eigenvalue weighted by Crippen LogP contribution is -2.33. The van der Waals surface area contributed by atoms with Crippen molar-refractivity contribution in [2.75, 3.05) is 6.54 Å². The molecule has 24 heavy (non-hydrogen) atoms. The minimum Gasteiger partial charge on any atom is -0.354 e. The monoisotopic (exact) mass is 325 g/mol. The van der Waals surface area contributed by atoms with Crippen LogP contribution in [0.3, 0.4) is 0 Å². The molecule has 2 aromatic carbocycles. The number of aromatic nitrogens is 2. The van der Waals surface area contributed by atoms with Crippen LogP contribution in [0.4, 0.5) is 4.39 Å². The number of nitrogens with one attached hydrogen (secondary N) is 1. The lowest BCUT2D eigenvalue weighted by molar-refractivity contribution is -0.121. The summed E-state index contributed by atoms with van der Waals surface area (Å²) in [5.74, 6) is -0.590. The standard InChI is InChI=1S/C18H16FN3O2/c19-14-6-2-1-5-13(14)9-10-20-17(23)12-22-16-8-4-3-7-15(16)21-11-18(22)24/h1-8,11H,9-10,12H2,(H,20,23). The summed E-state index contributed by atoms with van der Waals surface area (Å²) in [5, 5.41) is 2.71. The summed E-state index contributed by atoms with van der Waals surface area (Å²) in [6.45, 7) is 0.205. The summed E-state index contributed by atoms with van der Waals surface area (Å²) in [6.07, 6.45) is 1.60. The Morgan fingerprint density at radius 1 is 1.12 bits per heavy atom. The molecule has 1 heterocycles. The predicted molar refractivity (Wildman–Crippen MR) is 89.1 cm³/mol. The summed E-state index contributed by atoms with van der Waals surface area (Å²) in [6, 6.07) is 13.6.